The SMILES string of the molecule is C/C=C(\CCOC(=O)c1cc2ccccc2c2cc(C#N)ccc12)c1ccc(OC)cc1. The first-order valence-electron chi connectivity index (χ1n) is 10.5. The van der Waals surface area contributed by atoms with Gasteiger partial charge in [0.1, 0.15) is 5.75 Å². The largest absolute Gasteiger partial charge is 0.497 e. The average Bonchev–Trinajstić information content (AvgIpc) is 2.85. The van der Waals surface area contributed by atoms with Gasteiger partial charge in [-0.25, -0.2) is 4.79 Å². The summed E-state index contributed by atoms with van der Waals surface area (Å²) in [4.78, 5) is 13.0. The van der Waals surface area contributed by atoms with Gasteiger partial charge >= 0.3 is 5.97 Å². The fourth-order valence-electron chi connectivity index (χ4n) is 3.93. The molecule has 32 heavy (non-hydrogen) atoms. The molecule has 0 aromatic heterocycles. The summed E-state index contributed by atoms with van der Waals surface area (Å²) in [6.45, 7) is 2.25. The first-order valence-corrected chi connectivity index (χ1v) is 10.5. The molecule has 0 aliphatic heterocycles. The van der Waals surface area contributed by atoms with E-state index in [1.54, 1.807) is 13.2 Å². The van der Waals surface area contributed by atoms with Gasteiger partial charge in [-0.05, 0) is 69.9 Å². The zero-order valence-electron chi connectivity index (χ0n) is 18.1. The van der Waals surface area contributed by atoms with Crippen molar-refractivity contribution in [2.24, 2.45) is 0 Å². The van der Waals surface area contributed by atoms with Crippen molar-refractivity contribution in [1.82, 2.24) is 0 Å². The number of benzene rings is 4. The topological polar surface area (TPSA) is 59.3 Å². The van der Waals surface area contributed by atoms with E-state index in [1.165, 1.54) is 0 Å². The quantitative estimate of drug-likeness (QED) is 0.262. The van der Waals surface area contributed by atoms with E-state index in [0.717, 1.165) is 38.4 Å². The van der Waals surface area contributed by atoms with Crippen LogP contribution in [0.3, 0.4) is 0 Å². The number of rotatable bonds is 6. The number of hydrogen-bond donors (Lipinski definition) is 0. The third-order valence-corrected chi connectivity index (χ3v) is 5.62. The number of ether oxygens (including phenoxy) is 2. The highest BCUT2D eigenvalue weighted by Crippen LogP contribution is 2.30. The minimum absolute atomic E-state index is 0.273. The molecule has 0 heterocycles. The van der Waals surface area contributed by atoms with E-state index >= 15 is 0 Å². The molecule has 158 valence electrons. The van der Waals surface area contributed by atoms with E-state index < -0.39 is 0 Å². The first-order chi connectivity index (χ1) is 15.6. The number of carbonyl (C=O) groups excluding carboxylic acids is 1. The number of esters is 1. The molecule has 0 unspecified atom stereocenters. The van der Waals surface area contributed by atoms with Crippen LogP contribution in [0.5, 0.6) is 5.75 Å². The van der Waals surface area contributed by atoms with Crippen molar-refractivity contribution >= 4 is 33.1 Å². The molecule has 0 N–H and O–H groups in total. The maximum absolute atomic E-state index is 13.0. The summed E-state index contributed by atoms with van der Waals surface area (Å²) in [5.41, 5.74) is 3.24. The van der Waals surface area contributed by atoms with Gasteiger partial charge in [-0.15, -0.1) is 0 Å². The molecule has 4 aromatic carbocycles. The van der Waals surface area contributed by atoms with Crippen LogP contribution < -0.4 is 4.74 Å². The van der Waals surface area contributed by atoms with Crippen molar-refractivity contribution in [1.29, 1.82) is 5.26 Å². The standard InChI is InChI=1S/C28H23NO3/c1-3-20(21-9-11-23(31-2)12-10-21)14-15-32-28(30)27-17-22-6-4-5-7-24(22)26-16-19(18-29)8-13-25(26)27/h3-13,16-17H,14-15H2,1-2H3/b20-3+. The predicted octanol–water partition coefficient (Wildman–Crippen LogP) is 6.52. The van der Waals surface area contributed by atoms with Crippen molar-refractivity contribution in [2.75, 3.05) is 13.7 Å². The summed E-state index contributed by atoms with van der Waals surface area (Å²) >= 11 is 0. The molecule has 0 bridgehead atoms. The van der Waals surface area contributed by atoms with E-state index in [0.29, 0.717) is 17.5 Å². The summed E-state index contributed by atoms with van der Waals surface area (Å²) in [5.74, 6) is 0.439. The molecule has 4 aromatic rings. The molecule has 0 aliphatic rings. The minimum atomic E-state index is -0.365. The second-order valence-electron chi connectivity index (χ2n) is 7.45. The van der Waals surface area contributed by atoms with Crippen molar-refractivity contribution in [3.05, 3.63) is 95.6 Å². The summed E-state index contributed by atoms with van der Waals surface area (Å²) in [6, 6.07) is 25.1. The van der Waals surface area contributed by atoms with Crippen molar-refractivity contribution in [3.8, 4) is 11.8 Å². The number of carbonyl (C=O) groups is 1. The Hall–Kier alpha value is -4.10. The van der Waals surface area contributed by atoms with E-state index in [9.17, 15) is 10.1 Å². The van der Waals surface area contributed by atoms with Crippen LogP contribution in [0.4, 0.5) is 0 Å². The third-order valence-electron chi connectivity index (χ3n) is 5.62. The number of nitrogens with zero attached hydrogens (tertiary/aromatic N) is 1. The van der Waals surface area contributed by atoms with Crippen LogP contribution in [-0.2, 0) is 4.74 Å². The number of fused-ring (bicyclic) bond motifs is 3. The van der Waals surface area contributed by atoms with Gasteiger partial charge in [0.2, 0.25) is 0 Å². The van der Waals surface area contributed by atoms with E-state index in [4.69, 9.17) is 9.47 Å². The second kappa shape index (κ2) is 9.36. The number of hydrogen-bond acceptors (Lipinski definition) is 4. The molecule has 0 amide bonds. The average molecular weight is 421 g/mol. The monoisotopic (exact) mass is 421 g/mol. The Bertz CT molecular complexity index is 1360. The molecule has 0 fully saturated rings. The van der Waals surface area contributed by atoms with Crippen molar-refractivity contribution < 1.29 is 14.3 Å². The van der Waals surface area contributed by atoms with Crippen LogP contribution in [0.2, 0.25) is 0 Å². The Morgan fingerprint density at radius 1 is 0.969 bits per heavy atom. The van der Waals surface area contributed by atoms with Crippen molar-refractivity contribution in [2.45, 2.75) is 13.3 Å². The fraction of sp³-hybridized carbons (Fsp3) is 0.143. The number of methoxy groups -OCH3 is 1. The summed E-state index contributed by atoms with van der Waals surface area (Å²) in [5, 5.41) is 12.9. The number of nitriles is 1. The molecule has 4 heteroatoms. The van der Waals surface area contributed by atoms with Crippen molar-refractivity contribution in [3.63, 3.8) is 0 Å². The maximum atomic E-state index is 13.0. The Morgan fingerprint density at radius 3 is 2.47 bits per heavy atom. The van der Waals surface area contributed by atoms with Crippen LogP contribution in [0, 0.1) is 11.3 Å². The lowest BCUT2D eigenvalue weighted by atomic mass is 9.96. The number of allylic oxidation sites excluding steroid dienone is 1. The highest BCUT2D eigenvalue weighted by Gasteiger charge is 2.15. The van der Waals surface area contributed by atoms with Gasteiger partial charge in [0.05, 0.1) is 30.9 Å². The molecule has 0 atom stereocenters. The van der Waals surface area contributed by atoms with Crippen LogP contribution in [-0.4, -0.2) is 19.7 Å². The van der Waals surface area contributed by atoms with Gasteiger partial charge in [0.25, 0.3) is 0 Å². The van der Waals surface area contributed by atoms with Gasteiger partial charge in [-0.3, -0.25) is 0 Å². The Kier molecular flexibility index (Phi) is 6.19. The van der Waals surface area contributed by atoms with Crippen LogP contribution >= 0.6 is 0 Å². The predicted molar refractivity (Wildman–Crippen MR) is 128 cm³/mol. The van der Waals surface area contributed by atoms with Crippen LogP contribution in [0.1, 0.15) is 34.8 Å². The first kappa shape index (κ1) is 21.1. The zero-order valence-corrected chi connectivity index (χ0v) is 18.1. The highest BCUT2D eigenvalue weighted by molar-refractivity contribution is 6.16. The molecule has 4 rings (SSSR count). The minimum Gasteiger partial charge on any atom is -0.497 e. The van der Waals surface area contributed by atoms with Gasteiger partial charge in [-0.1, -0.05) is 48.5 Å². The smallest absolute Gasteiger partial charge is 0.338 e. The molecule has 0 saturated heterocycles. The fourth-order valence-corrected chi connectivity index (χ4v) is 3.93. The van der Waals surface area contributed by atoms with E-state index in [2.05, 4.69) is 6.07 Å². The highest BCUT2D eigenvalue weighted by atomic mass is 16.5. The Morgan fingerprint density at radius 2 is 1.75 bits per heavy atom. The van der Waals surface area contributed by atoms with Crippen LogP contribution in [0.25, 0.3) is 27.1 Å². The molecule has 0 aliphatic carbocycles. The van der Waals surface area contributed by atoms with Gasteiger partial charge in [-0.2, -0.15) is 5.26 Å². The molecule has 4 nitrogen and oxygen atoms in total. The molecule has 0 saturated carbocycles. The lowest BCUT2D eigenvalue weighted by molar-refractivity contribution is 0.0516. The normalized spacial score (nSPS) is 11.3. The molecular formula is C28H23NO3. The van der Waals surface area contributed by atoms with Crippen LogP contribution in [0.15, 0.2) is 78.9 Å². The summed E-state index contributed by atoms with van der Waals surface area (Å²) in [7, 11) is 1.64. The molecule has 0 spiro atoms. The molecular weight excluding hydrogens is 398 g/mol. The van der Waals surface area contributed by atoms with E-state index in [1.807, 2.05) is 79.7 Å². The summed E-state index contributed by atoms with van der Waals surface area (Å²) in [6.07, 6.45) is 2.64. The lowest BCUT2D eigenvalue weighted by Gasteiger charge is -2.12. The third kappa shape index (κ3) is 4.19. The van der Waals surface area contributed by atoms with Gasteiger partial charge in [0.15, 0.2) is 0 Å². The maximum Gasteiger partial charge on any atom is 0.338 e. The second-order valence-corrected chi connectivity index (χ2v) is 7.45. The molecule has 0 radical (unpaired) electrons. The lowest BCUT2D eigenvalue weighted by Crippen LogP contribution is -2.08. The van der Waals surface area contributed by atoms with Gasteiger partial charge < -0.3 is 9.47 Å². The van der Waals surface area contributed by atoms with Gasteiger partial charge in [0, 0.05) is 6.42 Å². The Labute approximate surface area is 187 Å². The van der Waals surface area contributed by atoms with E-state index in [-0.39, 0.29) is 12.6 Å². The Balaban J connectivity index is 1.57. The summed E-state index contributed by atoms with van der Waals surface area (Å²) < 4.78 is 10.9. The zero-order chi connectivity index (χ0) is 22.5.